The Morgan fingerprint density at radius 1 is 1.14 bits per heavy atom. The molecule has 0 unspecified atom stereocenters. The van der Waals surface area contributed by atoms with Crippen molar-refractivity contribution in [1.29, 1.82) is 0 Å². The third-order valence-electron chi connectivity index (χ3n) is 6.87. The van der Waals surface area contributed by atoms with E-state index in [2.05, 4.69) is 39.6 Å². The Kier molecular flexibility index (Phi) is 4.49. The molecule has 0 radical (unpaired) electrons. The van der Waals surface area contributed by atoms with E-state index in [1.807, 2.05) is 19.1 Å². The summed E-state index contributed by atoms with van der Waals surface area (Å²) in [6.45, 7) is 4.03. The minimum absolute atomic E-state index is 0.0622. The van der Waals surface area contributed by atoms with Crippen molar-refractivity contribution >= 4 is 17.7 Å². The number of aryl methyl sites for hydroxylation is 1. The number of hydrogen-bond donors (Lipinski definition) is 2. The number of carbonyl (C=O) groups is 1. The van der Waals surface area contributed by atoms with Crippen LogP contribution in [0.3, 0.4) is 0 Å². The first-order chi connectivity index (χ1) is 13.5. The fourth-order valence-corrected chi connectivity index (χ4v) is 6.70. The molecule has 28 heavy (non-hydrogen) atoms. The first-order valence-corrected chi connectivity index (χ1v) is 11.3. The normalized spacial score (nSPS) is 31.7. The number of nitrogens with zero attached hydrogens (tertiary/aromatic N) is 2. The summed E-state index contributed by atoms with van der Waals surface area (Å²) >= 11 is 1.43. The van der Waals surface area contributed by atoms with Gasteiger partial charge in [0.25, 0.3) is 0 Å². The number of benzene rings is 1. The van der Waals surface area contributed by atoms with Crippen molar-refractivity contribution in [3.8, 4) is 11.4 Å². The fraction of sp³-hybridized carbons (Fsp3) is 0.591. The maximum atomic E-state index is 12.9. The van der Waals surface area contributed by atoms with Crippen LogP contribution in [-0.2, 0) is 4.79 Å². The zero-order valence-corrected chi connectivity index (χ0v) is 17.4. The SMILES string of the molecule is Cc1ccc(-c2nc(S[C@@H](C)C(=O)NC34CC5CC(CC(C5)C3)C4)n[nH]2)cc1. The summed E-state index contributed by atoms with van der Waals surface area (Å²) in [6.07, 6.45) is 7.70. The molecule has 4 bridgehead atoms. The molecular weight excluding hydrogens is 368 g/mol. The van der Waals surface area contributed by atoms with Gasteiger partial charge in [0.2, 0.25) is 11.1 Å². The van der Waals surface area contributed by atoms with Crippen molar-refractivity contribution in [2.45, 2.75) is 68.3 Å². The second-order valence-electron chi connectivity index (χ2n) is 9.28. The van der Waals surface area contributed by atoms with Crippen LogP contribution in [0.2, 0.25) is 0 Å². The summed E-state index contributed by atoms with van der Waals surface area (Å²) < 4.78 is 0. The van der Waals surface area contributed by atoms with Gasteiger partial charge in [-0.05, 0) is 70.1 Å². The zero-order chi connectivity index (χ0) is 19.3. The molecule has 5 nitrogen and oxygen atoms in total. The molecule has 4 saturated carbocycles. The molecule has 1 heterocycles. The van der Waals surface area contributed by atoms with Gasteiger partial charge in [-0.2, -0.15) is 0 Å². The molecule has 2 aromatic rings. The fourth-order valence-electron chi connectivity index (χ4n) is 5.98. The van der Waals surface area contributed by atoms with Gasteiger partial charge >= 0.3 is 0 Å². The van der Waals surface area contributed by atoms with Crippen LogP contribution in [0, 0.1) is 24.7 Å². The van der Waals surface area contributed by atoms with Crippen LogP contribution < -0.4 is 5.32 Å². The Hall–Kier alpha value is -1.82. The lowest BCUT2D eigenvalue weighted by atomic mass is 9.53. The molecule has 0 saturated heterocycles. The molecule has 6 heteroatoms. The van der Waals surface area contributed by atoms with Gasteiger partial charge in [-0.3, -0.25) is 9.89 Å². The summed E-state index contributed by atoms with van der Waals surface area (Å²) in [7, 11) is 0. The molecule has 0 aliphatic heterocycles. The van der Waals surface area contributed by atoms with Crippen LogP contribution in [0.1, 0.15) is 51.0 Å². The maximum Gasteiger partial charge on any atom is 0.233 e. The molecule has 4 aliphatic carbocycles. The molecule has 1 amide bonds. The molecule has 2 N–H and O–H groups in total. The Morgan fingerprint density at radius 3 is 2.36 bits per heavy atom. The second-order valence-corrected chi connectivity index (χ2v) is 10.6. The van der Waals surface area contributed by atoms with Crippen LogP contribution in [0.5, 0.6) is 0 Å². The van der Waals surface area contributed by atoms with Crippen molar-refractivity contribution in [3.05, 3.63) is 29.8 Å². The molecular formula is C22H28N4OS. The summed E-state index contributed by atoms with van der Waals surface area (Å²) in [4.78, 5) is 17.5. The Morgan fingerprint density at radius 2 is 1.75 bits per heavy atom. The number of rotatable bonds is 5. The smallest absolute Gasteiger partial charge is 0.233 e. The summed E-state index contributed by atoms with van der Waals surface area (Å²) in [5, 5.41) is 11.2. The highest BCUT2D eigenvalue weighted by Gasteiger charge is 2.51. The monoisotopic (exact) mass is 396 g/mol. The Balaban J connectivity index is 1.23. The summed E-state index contributed by atoms with van der Waals surface area (Å²) in [6, 6.07) is 8.19. The first kappa shape index (κ1) is 18.2. The van der Waals surface area contributed by atoms with Crippen molar-refractivity contribution in [3.63, 3.8) is 0 Å². The average molecular weight is 397 g/mol. The number of thioether (sulfide) groups is 1. The minimum Gasteiger partial charge on any atom is -0.350 e. The van der Waals surface area contributed by atoms with Crippen LogP contribution in [0.4, 0.5) is 0 Å². The van der Waals surface area contributed by atoms with E-state index in [9.17, 15) is 4.79 Å². The van der Waals surface area contributed by atoms with E-state index in [-0.39, 0.29) is 16.7 Å². The molecule has 148 valence electrons. The number of carbonyl (C=O) groups excluding carboxylic acids is 1. The quantitative estimate of drug-likeness (QED) is 0.737. The van der Waals surface area contributed by atoms with Gasteiger partial charge in [0, 0.05) is 11.1 Å². The molecule has 6 rings (SSSR count). The molecule has 0 spiro atoms. The highest BCUT2D eigenvalue weighted by Crippen LogP contribution is 2.55. The zero-order valence-electron chi connectivity index (χ0n) is 16.6. The van der Waals surface area contributed by atoms with Gasteiger partial charge in [-0.25, -0.2) is 4.98 Å². The van der Waals surface area contributed by atoms with Crippen molar-refractivity contribution < 1.29 is 4.79 Å². The van der Waals surface area contributed by atoms with E-state index >= 15 is 0 Å². The van der Waals surface area contributed by atoms with Gasteiger partial charge in [-0.15, -0.1) is 5.10 Å². The Bertz CT molecular complexity index is 840. The number of amides is 1. The van der Waals surface area contributed by atoms with Crippen LogP contribution in [0.25, 0.3) is 11.4 Å². The average Bonchev–Trinajstić information content (AvgIpc) is 3.09. The summed E-state index contributed by atoms with van der Waals surface area (Å²) in [5.41, 5.74) is 2.29. The maximum absolute atomic E-state index is 12.9. The van der Waals surface area contributed by atoms with Gasteiger partial charge in [0.15, 0.2) is 5.82 Å². The number of hydrogen-bond acceptors (Lipinski definition) is 4. The predicted octanol–water partition coefficient (Wildman–Crippen LogP) is 4.35. The second kappa shape index (κ2) is 6.90. The van der Waals surface area contributed by atoms with E-state index in [1.165, 1.54) is 55.9 Å². The van der Waals surface area contributed by atoms with E-state index in [1.54, 1.807) is 0 Å². The summed E-state index contributed by atoms with van der Waals surface area (Å²) in [5.74, 6) is 3.38. The molecule has 1 atom stereocenters. The van der Waals surface area contributed by atoms with E-state index in [0.717, 1.165) is 29.1 Å². The lowest BCUT2D eigenvalue weighted by Crippen LogP contribution is -2.60. The number of H-pyrrole nitrogens is 1. The van der Waals surface area contributed by atoms with Crippen LogP contribution in [-0.4, -0.2) is 31.9 Å². The van der Waals surface area contributed by atoms with E-state index in [0.29, 0.717) is 5.16 Å². The Labute approximate surface area is 170 Å². The molecule has 1 aromatic carbocycles. The van der Waals surface area contributed by atoms with E-state index in [4.69, 9.17) is 0 Å². The first-order valence-electron chi connectivity index (χ1n) is 10.5. The minimum atomic E-state index is -0.199. The van der Waals surface area contributed by atoms with Crippen LogP contribution >= 0.6 is 11.8 Å². The van der Waals surface area contributed by atoms with Crippen molar-refractivity contribution in [1.82, 2.24) is 20.5 Å². The predicted molar refractivity (Wildman–Crippen MR) is 111 cm³/mol. The number of aromatic amines is 1. The van der Waals surface area contributed by atoms with Crippen LogP contribution in [0.15, 0.2) is 29.4 Å². The van der Waals surface area contributed by atoms with Crippen molar-refractivity contribution in [2.75, 3.05) is 0 Å². The molecule has 4 fully saturated rings. The number of nitrogens with one attached hydrogen (secondary N) is 2. The number of aromatic nitrogens is 3. The highest BCUT2D eigenvalue weighted by molar-refractivity contribution is 8.00. The standard InChI is InChI=1S/C22H28N4OS/c1-13-3-5-18(6-4-13)19-23-21(26-25-19)28-14(2)20(27)24-22-10-15-7-16(11-22)9-17(8-15)12-22/h3-6,14-17H,7-12H2,1-2H3,(H,24,27)(H,23,25,26)/t14-,15?,16?,17?,22?/m0/s1. The lowest BCUT2D eigenvalue weighted by Gasteiger charge is -2.57. The topological polar surface area (TPSA) is 70.7 Å². The highest BCUT2D eigenvalue weighted by atomic mass is 32.2. The molecule has 1 aromatic heterocycles. The van der Waals surface area contributed by atoms with Crippen molar-refractivity contribution in [2.24, 2.45) is 17.8 Å². The largest absolute Gasteiger partial charge is 0.350 e. The van der Waals surface area contributed by atoms with Gasteiger partial charge < -0.3 is 5.32 Å². The third-order valence-corrected chi connectivity index (χ3v) is 7.83. The van der Waals surface area contributed by atoms with Gasteiger partial charge in [0.05, 0.1) is 5.25 Å². The lowest BCUT2D eigenvalue weighted by molar-refractivity contribution is -0.126. The third kappa shape index (κ3) is 3.47. The van der Waals surface area contributed by atoms with Gasteiger partial charge in [0.1, 0.15) is 0 Å². The molecule has 4 aliphatic rings. The van der Waals surface area contributed by atoms with Gasteiger partial charge in [-0.1, -0.05) is 41.6 Å². The van der Waals surface area contributed by atoms with E-state index < -0.39 is 0 Å².